The molecule has 0 unspecified atom stereocenters. The van der Waals surface area contributed by atoms with Gasteiger partial charge in [0, 0.05) is 11.6 Å². The summed E-state index contributed by atoms with van der Waals surface area (Å²) in [5, 5.41) is 0. The lowest BCUT2D eigenvalue weighted by molar-refractivity contribution is -0.131. The van der Waals surface area contributed by atoms with Crippen molar-refractivity contribution in [1.29, 1.82) is 0 Å². The number of nitrogens with zero attached hydrogens (tertiary/aromatic N) is 1. The van der Waals surface area contributed by atoms with E-state index in [1.165, 1.54) is 4.90 Å². The van der Waals surface area contributed by atoms with Crippen molar-refractivity contribution in [2.45, 2.75) is 44.2 Å². The molecule has 4 heteroatoms. The second-order valence-corrected chi connectivity index (χ2v) is 5.42. The van der Waals surface area contributed by atoms with Crippen LogP contribution in [0.3, 0.4) is 0 Å². The number of carbonyl (C=O) groups excluding carboxylic acids is 2. The van der Waals surface area contributed by atoms with Gasteiger partial charge in [-0.15, -0.1) is 0 Å². The molecular formula is C15H18N2O2. The maximum atomic E-state index is 12.5. The summed E-state index contributed by atoms with van der Waals surface area (Å²) in [7, 11) is 0. The quantitative estimate of drug-likeness (QED) is 0.776. The summed E-state index contributed by atoms with van der Waals surface area (Å²) >= 11 is 0. The minimum Gasteiger partial charge on any atom is -0.326 e. The fourth-order valence-corrected chi connectivity index (χ4v) is 3.17. The van der Waals surface area contributed by atoms with E-state index < -0.39 is 0 Å². The first-order valence-corrected chi connectivity index (χ1v) is 6.88. The molecule has 0 spiro atoms. The maximum Gasteiger partial charge on any atom is 0.261 e. The van der Waals surface area contributed by atoms with Crippen molar-refractivity contribution in [3.05, 3.63) is 35.4 Å². The van der Waals surface area contributed by atoms with Crippen LogP contribution in [0, 0.1) is 0 Å². The Kier molecular flexibility index (Phi) is 3.11. The highest BCUT2D eigenvalue weighted by Gasteiger charge is 2.38. The SMILES string of the molecule is N[C@@H]1CCCC[C@H]1N1C(=O)Cc2ccccc2C1=O. The van der Waals surface area contributed by atoms with E-state index in [4.69, 9.17) is 5.73 Å². The van der Waals surface area contributed by atoms with Gasteiger partial charge in [0.2, 0.25) is 5.91 Å². The molecule has 1 aliphatic carbocycles. The first-order chi connectivity index (χ1) is 9.18. The van der Waals surface area contributed by atoms with Gasteiger partial charge in [0.1, 0.15) is 0 Å². The van der Waals surface area contributed by atoms with Gasteiger partial charge in [0.25, 0.3) is 5.91 Å². The van der Waals surface area contributed by atoms with Crippen LogP contribution in [0.25, 0.3) is 0 Å². The van der Waals surface area contributed by atoms with Gasteiger partial charge in [-0.05, 0) is 24.5 Å². The van der Waals surface area contributed by atoms with E-state index in [-0.39, 0.29) is 23.9 Å². The number of imide groups is 1. The van der Waals surface area contributed by atoms with Gasteiger partial charge in [0.15, 0.2) is 0 Å². The Bertz CT molecular complexity index is 527. The van der Waals surface area contributed by atoms with Crippen LogP contribution in [0.5, 0.6) is 0 Å². The van der Waals surface area contributed by atoms with Crippen molar-refractivity contribution < 1.29 is 9.59 Å². The monoisotopic (exact) mass is 258 g/mol. The molecule has 3 rings (SSSR count). The number of amides is 2. The van der Waals surface area contributed by atoms with Gasteiger partial charge in [-0.1, -0.05) is 31.0 Å². The highest BCUT2D eigenvalue weighted by molar-refractivity contribution is 6.10. The second kappa shape index (κ2) is 4.78. The number of hydrogen-bond acceptors (Lipinski definition) is 3. The first-order valence-electron chi connectivity index (χ1n) is 6.88. The van der Waals surface area contributed by atoms with Crippen LogP contribution >= 0.6 is 0 Å². The Balaban J connectivity index is 1.95. The molecule has 100 valence electrons. The lowest BCUT2D eigenvalue weighted by atomic mass is 9.87. The van der Waals surface area contributed by atoms with Crippen molar-refractivity contribution in [1.82, 2.24) is 4.90 Å². The van der Waals surface area contributed by atoms with Crippen LogP contribution in [0.2, 0.25) is 0 Å². The topological polar surface area (TPSA) is 63.4 Å². The fourth-order valence-electron chi connectivity index (χ4n) is 3.17. The lowest BCUT2D eigenvalue weighted by Gasteiger charge is -2.39. The molecule has 2 aliphatic rings. The molecule has 0 saturated heterocycles. The summed E-state index contributed by atoms with van der Waals surface area (Å²) in [4.78, 5) is 26.2. The van der Waals surface area contributed by atoms with E-state index in [1.54, 1.807) is 6.07 Å². The Hall–Kier alpha value is -1.68. The Morgan fingerprint density at radius 1 is 1.11 bits per heavy atom. The van der Waals surface area contributed by atoms with Crippen molar-refractivity contribution in [2.75, 3.05) is 0 Å². The smallest absolute Gasteiger partial charge is 0.261 e. The van der Waals surface area contributed by atoms with Crippen LogP contribution in [0.1, 0.15) is 41.6 Å². The molecule has 4 nitrogen and oxygen atoms in total. The van der Waals surface area contributed by atoms with Crippen molar-refractivity contribution in [3.8, 4) is 0 Å². The molecule has 0 radical (unpaired) electrons. The van der Waals surface area contributed by atoms with E-state index in [0.717, 1.165) is 31.2 Å². The lowest BCUT2D eigenvalue weighted by Crippen LogP contribution is -2.56. The molecule has 0 aromatic heterocycles. The third-order valence-electron chi connectivity index (χ3n) is 4.19. The third-order valence-corrected chi connectivity index (χ3v) is 4.19. The first kappa shape index (κ1) is 12.4. The Labute approximate surface area is 112 Å². The normalized spacial score (nSPS) is 27.3. The Morgan fingerprint density at radius 2 is 1.84 bits per heavy atom. The molecule has 0 bridgehead atoms. The molecule has 1 aromatic carbocycles. The highest BCUT2D eigenvalue weighted by atomic mass is 16.2. The van der Waals surface area contributed by atoms with E-state index >= 15 is 0 Å². The maximum absolute atomic E-state index is 12.5. The van der Waals surface area contributed by atoms with Gasteiger partial charge in [-0.2, -0.15) is 0 Å². The summed E-state index contributed by atoms with van der Waals surface area (Å²) in [6.07, 6.45) is 4.16. The number of carbonyl (C=O) groups is 2. The summed E-state index contributed by atoms with van der Waals surface area (Å²) < 4.78 is 0. The molecule has 2 atom stereocenters. The van der Waals surface area contributed by atoms with E-state index in [0.29, 0.717) is 12.0 Å². The largest absolute Gasteiger partial charge is 0.326 e. The minimum atomic E-state index is -0.172. The number of nitrogens with two attached hydrogens (primary N) is 1. The van der Waals surface area contributed by atoms with E-state index in [2.05, 4.69) is 0 Å². The van der Waals surface area contributed by atoms with Gasteiger partial charge in [-0.25, -0.2) is 0 Å². The zero-order valence-electron chi connectivity index (χ0n) is 10.8. The summed E-state index contributed by atoms with van der Waals surface area (Å²) in [5.74, 6) is -0.278. The van der Waals surface area contributed by atoms with Crippen LogP contribution in [0.15, 0.2) is 24.3 Å². The van der Waals surface area contributed by atoms with Crippen LogP contribution in [0.4, 0.5) is 0 Å². The predicted molar refractivity (Wildman–Crippen MR) is 71.6 cm³/mol. The molecular weight excluding hydrogens is 240 g/mol. The molecule has 1 aliphatic heterocycles. The summed E-state index contributed by atoms with van der Waals surface area (Å²) in [6.45, 7) is 0. The van der Waals surface area contributed by atoms with Gasteiger partial charge in [0.05, 0.1) is 12.5 Å². The van der Waals surface area contributed by atoms with E-state index in [1.807, 2.05) is 18.2 Å². The number of rotatable bonds is 1. The average molecular weight is 258 g/mol. The van der Waals surface area contributed by atoms with Gasteiger partial charge in [-0.3, -0.25) is 14.5 Å². The van der Waals surface area contributed by atoms with Crippen molar-refractivity contribution in [2.24, 2.45) is 5.73 Å². The standard InChI is InChI=1S/C15H18N2O2/c16-12-7-3-4-8-13(12)17-14(18)9-10-5-1-2-6-11(10)15(17)19/h1-2,5-6,12-13H,3-4,7-9,16H2/t12-,13-/m1/s1. The van der Waals surface area contributed by atoms with Gasteiger partial charge < -0.3 is 5.73 Å². The molecule has 2 N–H and O–H groups in total. The van der Waals surface area contributed by atoms with Crippen LogP contribution < -0.4 is 5.73 Å². The number of fused-ring (bicyclic) bond motifs is 1. The van der Waals surface area contributed by atoms with E-state index in [9.17, 15) is 9.59 Å². The Morgan fingerprint density at radius 3 is 2.63 bits per heavy atom. The third kappa shape index (κ3) is 2.06. The molecule has 1 fully saturated rings. The average Bonchev–Trinajstić information content (AvgIpc) is 2.41. The zero-order valence-corrected chi connectivity index (χ0v) is 10.8. The molecule has 19 heavy (non-hydrogen) atoms. The molecule has 1 saturated carbocycles. The zero-order chi connectivity index (χ0) is 13.4. The molecule has 1 aromatic rings. The van der Waals surface area contributed by atoms with Crippen molar-refractivity contribution >= 4 is 11.8 Å². The second-order valence-electron chi connectivity index (χ2n) is 5.42. The fraction of sp³-hybridized carbons (Fsp3) is 0.467. The predicted octanol–water partition coefficient (Wildman–Crippen LogP) is 1.48. The van der Waals surface area contributed by atoms with Crippen LogP contribution in [-0.4, -0.2) is 28.8 Å². The van der Waals surface area contributed by atoms with Crippen molar-refractivity contribution in [3.63, 3.8) is 0 Å². The molecule has 2 amide bonds. The highest BCUT2D eigenvalue weighted by Crippen LogP contribution is 2.28. The number of hydrogen-bond donors (Lipinski definition) is 1. The number of benzene rings is 1. The molecule has 1 heterocycles. The summed E-state index contributed by atoms with van der Waals surface area (Å²) in [5.41, 5.74) is 7.59. The van der Waals surface area contributed by atoms with Gasteiger partial charge >= 0.3 is 0 Å². The van der Waals surface area contributed by atoms with Crippen LogP contribution in [-0.2, 0) is 11.2 Å². The minimum absolute atomic E-state index is 0.0769. The summed E-state index contributed by atoms with van der Waals surface area (Å²) in [6, 6.07) is 7.15.